The number of methoxy groups -OCH3 is 2. The van der Waals surface area contributed by atoms with E-state index >= 15 is 0 Å². The van der Waals surface area contributed by atoms with Gasteiger partial charge in [0.25, 0.3) is 0 Å². The van der Waals surface area contributed by atoms with E-state index in [1.165, 1.54) is 22.3 Å². The van der Waals surface area contributed by atoms with Crippen LogP contribution in [0.2, 0.25) is 0 Å². The summed E-state index contributed by atoms with van der Waals surface area (Å²) in [7, 11) is 3.33. The molecule has 3 aromatic carbocycles. The van der Waals surface area contributed by atoms with Crippen molar-refractivity contribution in [1.29, 1.82) is 0 Å². The molecular formula is C26H32N2O2. The molecule has 2 N–H and O–H groups in total. The fourth-order valence-corrected chi connectivity index (χ4v) is 3.39. The Balaban J connectivity index is 1.34. The highest BCUT2D eigenvalue weighted by Crippen LogP contribution is 2.27. The van der Waals surface area contributed by atoms with E-state index in [2.05, 4.69) is 71.3 Å². The smallest absolute Gasteiger partial charge is 0.160 e. The third kappa shape index (κ3) is 6.90. The van der Waals surface area contributed by atoms with Crippen LogP contribution in [0, 0.1) is 0 Å². The van der Waals surface area contributed by atoms with E-state index in [0.29, 0.717) is 0 Å². The first-order valence-corrected chi connectivity index (χ1v) is 10.5. The molecule has 0 aliphatic carbocycles. The van der Waals surface area contributed by atoms with E-state index < -0.39 is 0 Å². The zero-order valence-corrected chi connectivity index (χ0v) is 18.0. The fraction of sp³-hybridized carbons (Fsp3) is 0.308. The largest absolute Gasteiger partial charge is 0.493 e. The minimum atomic E-state index is 0.767. The van der Waals surface area contributed by atoms with Gasteiger partial charge in [-0.25, -0.2) is 0 Å². The topological polar surface area (TPSA) is 42.5 Å². The number of ether oxygens (including phenoxy) is 2. The summed E-state index contributed by atoms with van der Waals surface area (Å²) in [4.78, 5) is 0. The summed E-state index contributed by atoms with van der Waals surface area (Å²) in [6.45, 7) is 3.68. The van der Waals surface area contributed by atoms with Crippen LogP contribution in [0.3, 0.4) is 0 Å². The maximum atomic E-state index is 5.37. The second kappa shape index (κ2) is 12.0. The highest BCUT2D eigenvalue weighted by molar-refractivity contribution is 5.43. The van der Waals surface area contributed by atoms with Crippen molar-refractivity contribution in [2.75, 3.05) is 27.3 Å². The van der Waals surface area contributed by atoms with Crippen LogP contribution < -0.4 is 20.1 Å². The van der Waals surface area contributed by atoms with Crippen molar-refractivity contribution in [1.82, 2.24) is 10.6 Å². The molecule has 0 aromatic heterocycles. The predicted molar refractivity (Wildman–Crippen MR) is 123 cm³/mol. The molecule has 0 bridgehead atoms. The molecule has 0 aliphatic heterocycles. The second-order valence-electron chi connectivity index (χ2n) is 7.34. The van der Waals surface area contributed by atoms with E-state index in [-0.39, 0.29) is 0 Å². The average Bonchev–Trinajstić information content (AvgIpc) is 2.81. The van der Waals surface area contributed by atoms with Crippen molar-refractivity contribution in [3.8, 4) is 11.5 Å². The second-order valence-corrected chi connectivity index (χ2v) is 7.34. The molecule has 0 atom stereocenters. The van der Waals surface area contributed by atoms with Crippen molar-refractivity contribution in [2.45, 2.75) is 25.9 Å². The number of rotatable bonds is 12. The summed E-state index contributed by atoms with van der Waals surface area (Å²) in [5.41, 5.74) is 5.23. The summed E-state index contributed by atoms with van der Waals surface area (Å²) >= 11 is 0. The van der Waals surface area contributed by atoms with Gasteiger partial charge < -0.3 is 20.1 Å². The molecule has 0 aliphatic rings. The monoisotopic (exact) mass is 404 g/mol. The first-order chi connectivity index (χ1) is 14.8. The molecule has 3 aromatic rings. The van der Waals surface area contributed by atoms with Gasteiger partial charge in [0.15, 0.2) is 11.5 Å². The molecule has 0 amide bonds. The van der Waals surface area contributed by atoms with Gasteiger partial charge in [-0.1, -0.05) is 60.7 Å². The lowest BCUT2D eigenvalue weighted by Crippen LogP contribution is -2.17. The average molecular weight is 405 g/mol. The van der Waals surface area contributed by atoms with Gasteiger partial charge in [-0.3, -0.25) is 0 Å². The van der Waals surface area contributed by atoms with Crippen LogP contribution in [0.1, 0.15) is 22.3 Å². The van der Waals surface area contributed by atoms with Crippen LogP contribution in [-0.4, -0.2) is 27.3 Å². The molecule has 158 valence electrons. The van der Waals surface area contributed by atoms with Gasteiger partial charge in [-0.05, 0) is 60.3 Å². The first-order valence-electron chi connectivity index (χ1n) is 10.5. The number of hydrogen-bond acceptors (Lipinski definition) is 4. The summed E-state index contributed by atoms with van der Waals surface area (Å²) in [5.74, 6) is 1.55. The lowest BCUT2D eigenvalue weighted by Gasteiger charge is -2.10. The minimum Gasteiger partial charge on any atom is -0.493 e. The van der Waals surface area contributed by atoms with Crippen molar-refractivity contribution in [3.63, 3.8) is 0 Å². The van der Waals surface area contributed by atoms with Crippen molar-refractivity contribution >= 4 is 0 Å². The van der Waals surface area contributed by atoms with Crippen LogP contribution in [-0.2, 0) is 25.9 Å². The van der Waals surface area contributed by atoms with Gasteiger partial charge >= 0.3 is 0 Å². The molecule has 0 spiro atoms. The molecule has 0 heterocycles. The summed E-state index contributed by atoms with van der Waals surface area (Å²) in [6, 6.07) is 25.5. The zero-order valence-electron chi connectivity index (χ0n) is 18.0. The van der Waals surface area contributed by atoms with Gasteiger partial charge in [0.2, 0.25) is 0 Å². The first kappa shape index (κ1) is 21.9. The van der Waals surface area contributed by atoms with Gasteiger partial charge in [0.1, 0.15) is 0 Å². The maximum absolute atomic E-state index is 5.37. The lowest BCUT2D eigenvalue weighted by molar-refractivity contribution is 0.354. The number of nitrogens with one attached hydrogen (secondary N) is 2. The highest BCUT2D eigenvalue weighted by Gasteiger charge is 2.04. The standard InChI is InChI=1S/C26H32N2O2/c1-29-25-13-12-22(18-26(25)30-2)15-17-28-20-24-10-8-23(9-11-24)19-27-16-14-21-6-4-3-5-7-21/h3-13,18,27-28H,14-17,19-20H2,1-2H3. The van der Waals surface area contributed by atoms with E-state index in [1.54, 1.807) is 14.2 Å². The van der Waals surface area contributed by atoms with Crippen LogP contribution in [0.5, 0.6) is 11.5 Å². The highest BCUT2D eigenvalue weighted by atomic mass is 16.5. The minimum absolute atomic E-state index is 0.767. The van der Waals surface area contributed by atoms with Gasteiger partial charge in [0, 0.05) is 13.1 Å². The number of hydrogen-bond donors (Lipinski definition) is 2. The van der Waals surface area contributed by atoms with E-state index in [9.17, 15) is 0 Å². The Morgan fingerprint density at radius 3 is 1.67 bits per heavy atom. The maximum Gasteiger partial charge on any atom is 0.160 e. The third-order valence-corrected chi connectivity index (χ3v) is 5.15. The molecule has 0 radical (unpaired) electrons. The van der Waals surface area contributed by atoms with Gasteiger partial charge in [-0.2, -0.15) is 0 Å². The van der Waals surface area contributed by atoms with E-state index in [1.807, 2.05) is 12.1 Å². The normalized spacial score (nSPS) is 10.7. The fourth-order valence-electron chi connectivity index (χ4n) is 3.39. The quantitative estimate of drug-likeness (QED) is 0.440. The van der Waals surface area contributed by atoms with E-state index in [4.69, 9.17) is 9.47 Å². The summed E-state index contributed by atoms with van der Waals surface area (Å²) in [6.07, 6.45) is 2.01. The molecule has 4 nitrogen and oxygen atoms in total. The molecule has 3 rings (SSSR count). The molecule has 4 heteroatoms. The third-order valence-electron chi connectivity index (χ3n) is 5.15. The Morgan fingerprint density at radius 1 is 0.567 bits per heavy atom. The Morgan fingerprint density at radius 2 is 1.10 bits per heavy atom. The van der Waals surface area contributed by atoms with Gasteiger partial charge in [-0.15, -0.1) is 0 Å². The lowest BCUT2D eigenvalue weighted by atomic mass is 10.1. The summed E-state index contributed by atoms with van der Waals surface area (Å²) in [5, 5.41) is 7.04. The molecular weight excluding hydrogens is 372 g/mol. The Bertz CT molecular complexity index is 879. The predicted octanol–water partition coefficient (Wildman–Crippen LogP) is 4.37. The molecule has 0 fully saturated rings. The molecule has 30 heavy (non-hydrogen) atoms. The van der Waals surface area contributed by atoms with E-state index in [0.717, 1.165) is 50.5 Å². The Kier molecular flexibility index (Phi) is 8.76. The zero-order chi connectivity index (χ0) is 21.0. The molecule has 0 saturated heterocycles. The Labute approximate surface area is 180 Å². The molecule has 0 saturated carbocycles. The number of benzene rings is 3. The van der Waals surface area contributed by atoms with Crippen LogP contribution in [0.15, 0.2) is 72.8 Å². The van der Waals surface area contributed by atoms with Crippen LogP contribution >= 0.6 is 0 Å². The van der Waals surface area contributed by atoms with Crippen molar-refractivity contribution in [3.05, 3.63) is 95.1 Å². The Hall–Kier alpha value is -2.82. The van der Waals surface area contributed by atoms with Gasteiger partial charge in [0.05, 0.1) is 14.2 Å². The summed E-state index contributed by atoms with van der Waals surface area (Å²) < 4.78 is 10.7. The van der Waals surface area contributed by atoms with Crippen molar-refractivity contribution < 1.29 is 9.47 Å². The van der Waals surface area contributed by atoms with Crippen molar-refractivity contribution in [2.24, 2.45) is 0 Å². The SMILES string of the molecule is COc1ccc(CCNCc2ccc(CNCCc3ccccc3)cc2)cc1OC. The van der Waals surface area contributed by atoms with Crippen LogP contribution in [0.25, 0.3) is 0 Å². The molecule has 0 unspecified atom stereocenters. The van der Waals surface area contributed by atoms with Crippen LogP contribution in [0.4, 0.5) is 0 Å².